The largest absolute Gasteiger partial charge is 0.416 e. The Morgan fingerprint density at radius 2 is 1.87 bits per heavy atom. The van der Waals surface area contributed by atoms with E-state index >= 15 is 0 Å². The third kappa shape index (κ3) is 4.48. The number of benzene rings is 1. The minimum absolute atomic E-state index is 0.175. The first-order valence-electron chi connectivity index (χ1n) is 9.88. The molecule has 0 aliphatic carbocycles. The molecule has 1 amide bonds. The number of rotatable bonds is 4. The van der Waals surface area contributed by atoms with Crippen molar-refractivity contribution in [2.75, 3.05) is 26.2 Å². The first-order chi connectivity index (χ1) is 14.7. The predicted molar refractivity (Wildman–Crippen MR) is 106 cm³/mol. The third-order valence-electron chi connectivity index (χ3n) is 5.37. The van der Waals surface area contributed by atoms with Crippen molar-refractivity contribution in [1.82, 2.24) is 24.7 Å². The molecule has 3 aromatic rings. The number of alkyl halides is 3. The maximum atomic E-state index is 13.0. The fraction of sp³-hybridized carbons (Fsp3) is 0.381. The summed E-state index contributed by atoms with van der Waals surface area (Å²) >= 11 is 0. The maximum absolute atomic E-state index is 13.0. The number of carbonyl (C=O) groups excluding carboxylic acids is 1. The van der Waals surface area contributed by atoms with Gasteiger partial charge in [0.1, 0.15) is 0 Å². The van der Waals surface area contributed by atoms with Crippen molar-refractivity contribution in [3.05, 3.63) is 64.8 Å². The molecule has 1 saturated heterocycles. The van der Waals surface area contributed by atoms with Crippen LogP contribution in [0.25, 0.3) is 5.69 Å². The second-order valence-corrected chi connectivity index (χ2v) is 7.61. The SMILES string of the molecule is Cc1cc(CN2CCN(C(=O)c3cnn(-c4cccc(C(F)(F)F)c4)c3C)CC2)on1. The summed E-state index contributed by atoms with van der Waals surface area (Å²) < 4.78 is 45.7. The van der Waals surface area contributed by atoms with Crippen molar-refractivity contribution in [2.24, 2.45) is 0 Å². The van der Waals surface area contributed by atoms with E-state index in [1.54, 1.807) is 11.8 Å². The van der Waals surface area contributed by atoms with Crippen molar-refractivity contribution >= 4 is 5.91 Å². The molecule has 10 heteroatoms. The van der Waals surface area contributed by atoms with Crippen molar-refractivity contribution in [3.8, 4) is 5.69 Å². The average Bonchev–Trinajstić information content (AvgIpc) is 3.32. The third-order valence-corrected chi connectivity index (χ3v) is 5.37. The van der Waals surface area contributed by atoms with Crippen LogP contribution < -0.4 is 0 Å². The molecule has 164 valence electrons. The van der Waals surface area contributed by atoms with Crippen LogP contribution in [-0.2, 0) is 12.7 Å². The summed E-state index contributed by atoms with van der Waals surface area (Å²) in [5.74, 6) is 0.612. The molecular formula is C21H22F3N5O2. The highest BCUT2D eigenvalue weighted by Crippen LogP contribution is 2.30. The number of aryl methyl sites for hydroxylation is 1. The van der Waals surface area contributed by atoms with E-state index in [2.05, 4.69) is 15.2 Å². The van der Waals surface area contributed by atoms with Crippen LogP contribution in [0.2, 0.25) is 0 Å². The second-order valence-electron chi connectivity index (χ2n) is 7.61. The summed E-state index contributed by atoms with van der Waals surface area (Å²) in [5, 5.41) is 8.05. The summed E-state index contributed by atoms with van der Waals surface area (Å²) in [5.41, 5.74) is 1.22. The number of hydrogen-bond donors (Lipinski definition) is 0. The van der Waals surface area contributed by atoms with Gasteiger partial charge in [-0.25, -0.2) is 4.68 Å². The molecule has 1 fully saturated rings. The lowest BCUT2D eigenvalue weighted by Gasteiger charge is -2.34. The normalized spacial score (nSPS) is 15.5. The van der Waals surface area contributed by atoms with Gasteiger partial charge in [-0.1, -0.05) is 11.2 Å². The van der Waals surface area contributed by atoms with E-state index in [4.69, 9.17) is 4.52 Å². The van der Waals surface area contributed by atoms with Gasteiger partial charge in [-0.05, 0) is 32.0 Å². The van der Waals surface area contributed by atoms with Crippen LogP contribution in [-0.4, -0.2) is 56.8 Å². The second kappa shape index (κ2) is 8.18. The summed E-state index contributed by atoms with van der Waals surface area (Å²) in [6.45, 7) is 6.64. The lowest BCUT2D eigenvalue weighted by Crippen LogP contribution is -2.48. The minimum Gasteiger partial charge on any atom is -0.360 e. The average molecular weight is 433 g/mol. The van der Waals surface area contributed by atoms with Crippen molar-refractivity contribution in [2.45, 2.75) is 26.6 Å². The van der Waals surface area contributed by atoms with Gasteiger partial charge in [-0.2, -0.15) is 18.3 Å². The van der Waals surface area contributed by atoms with Crippen LogP contribution in [0.15, 0.2) is 41.1 Å². The molecule has 0 bridgehead atoms. The van der Waals surface area contributed by atoms with Gasteiger partial charge in [-0.3, -0.25) is 9.69 Å². The van der Waals surface area contributed by atoms with Gasteiger partial charge < -0.3 is 9.42 Å². The molecule has 3 heterocycles. The minimum atomic E-state index is -4.44. The highest BCUT2D eigenvalue weighted by atomic mass is 19.4. The molecule has 2 aromatic heterocycles. The molecule has 0 unspecified atom stereocenters. The Balaban J connectivity index is 1.44. The van der Waals surface area contributed by atoms with Crippen molar-refractivity contribution < 1.29 is 22.5 Å². The van der Waals surface area contributed by atoms with E-state index in [0.717, 1.165) is 23.6 Å². The molecular weight excluding hydrogens is 411 g/mol. The van der Waals surface area contributed by atoms with Gasteiger partial charge in [0.25, 0.3) is 5.91 Å². The Hall–Kier alpha value is -3.14. The summed E-state index contributed by atoms with van der Waals surface area (Å²) in [7, 11) is 0. The van der Waals surface area contributed by atoms with Gasteiger partial charge >= 0.3 is 6.18 Å². The number of hydrogen-bond acceptors (Lipinski definition) is 5. The van der Waals surface area contributed by atoms with E-state index < -0.39 is 11.7 Å². The summed E-state index contributed by atoms with van der Waals surface area (Å²) in [6, 6.07) is 6.79. The Bertz CT molecular complexity index is 1080. The lowest BCUT2D eigenvalue weighted by molar-refractivity contribution is -0.137. The zero-order valence-electron chi connectivity index (χ0n) is 17.2. The highest BCUT2D eigenvalue weighted by molar-refractivity contribution is 5.95. The first kappa shape index (κ1) is 21.1. The van der Waals surface area contributed by atoms with Crippen molar-refractivity contribution in [1.29, 1.82) is 0 Å². The first-order valence-corrected chi connectivity index (χ1v) is 9.88. The number of piperazine rings is 1. The fourth-order valence-corrected chi connectivity index (χ4v) is 3.68. The molecule has 7 nitrogen and oxygen atoms in total. The van der Waals surface area contributed by atoms with Gasteiger partial charge in [0.2, 0.25) is 0 Å². The van der Waals surface area contributed by atoms with Gasteiger partial charge in [0.15, 0.2) is 5.76 Å². The van der Waals surface area contributed by atoms with Crippen LogP contribution in [0.5, 0.6) is 0 Å². The van der Waals surface area contributed by atoms with E-state index in [0.29, 0.717) is 44.0 Å². The number of aromatic nitrogens is 3. The standard InChI is InChI=1S/C21H22F3N5O2/c1-14-10-18(31-26-14)13-27-6-8-28(9-7-27)20(30)19-12-25-29(15(19)2)17-5-3-4-16(11-17)21(22,23)24/h3-5,10-12H,6-9,13H2,1-2H3. The number of nitrogens with zero attached hydrogens (tertiary/aromatic N) is 5. The monoisotopic (exact) mass is 433 g/mol. The zero-order valence-corrected chi connectivity index (χ0v) is 17.2. The Morgan fingerprint density at radius 3 is 2.52 bits per heavy atom. The van der Waals surface area contributed by atoms with Crippen LogP contribution >= 0.6 is 0 Å². The Kier molecular flexibility index (Phi) is 5.57. The molecule has 0 spiro atoms. The molecule has 1 aliphatic rings. The molecule has 1 aromatic carbocycles. The van der Waals surface area contributed by atoms with E-state index in [9.17, 15) is 18.0 Å². The maximum Gasteiger partial charge on any atom is 0.416 e. The quantitative estimate of drug-likeness (QED) is 0.631. The van der Waals surface area contributed by atoms with Gasteiger partial charge in [0, 0.05) is 32.2 Å². The van der Waals surface area contributed by atoms with E-state index in [-0.39, 0.29) is 11.6 Å². The fourth-order valence-electron chi connectivity index (χ4n) is 3.68. The van der Waals surface area contributed by atoms with Crippen LogP contribution in [0.1, 0.15) is 33.1 Å². The van der Waals surface area contributed by atoms with E-state index in [1.807, 2.05) is 13.0 Å². The molecule has 4 rings (SSSR count). The number of carbonyl (C=O) groups is 1. The van der Waals surface area contributed by atoms with Crippen LogP contribution in [0, 0.1) is 13.8 Å². The van der Waals surface area contributed by atoms with Crippen LogP contribution in [0.4, 0.5) is 13.2 Å². The lowest BCUT2D eigenvalue weighted by atomic mass is 10.1. The molecule has 0 saturated carbocycles. The number of halogens is 3. The van der Waals surface area contributed by atoms with Crippen LogP contribution in [0.3, 0.4) is 0 Å². The molecule has 1 aliphatic heterocycles. The van der Waals surface area contributed by atoms with E-state index in [1.165, 1.54) is 23.0 Å². The highest BCUT2D eigenvalue weighted by Gasteiger charge is 2.31. The molecule has 0 atom stereocenters. The van der Waals surface area contributed by atoms with Gasteiger partial charge in [0.05, 0.1) is 40.9 Å². The Morgan fingerprint density at radius 1 is 1.13 bits per heavy atom. The summed E-state index contributed by atoms with van der Waals surface area (Å²) in [4.78, 5) is 16.9. The van der Waals surface area contributed by atoms with Gasteiger partial charge in [-0.15, -0.1) is 0 Å². The number of amides is 1. The molecule has 31 heavy (non-hydrogen) atoms. The topological polar surface area (TPSA) is 67.4 Å². The predicted octanol–water partition coefficient (Wildman–Crippen LogP) is 3.45. The summed E-state index contributed by atoms with van der Waals surface area (Å²) in [6.07, 6.45) is -3.03. The molecule has 0 N–H and O–H groups in total. The molecule has 0 radical (unpaired) electrons. The Labute approximate surface area is 177 Å². The zero-order chi connectivity index (χ0) is 22.2. The smallest absolute Gasteiger partial charge is 0.360 e. The van der Waals surface area contributed by atoms with Crippen molar-refractivity contribution in [3.63, 3.8) is 0 Å².